The molecular weight excluding hydrogens is 993 g/mol. The van der Waals surface area contributed by atoms with Crippen LogP contribution >= 0.6 is 38.6 Å². The normalized spacial score (nSPS) is 14.1. The van der Waals surface area contributed by atoms with Crippen molar-refractivity contribution in [3.05, 3.63) is 103 Å². The fourth-order valence-electron chi connectivity index (χ4n) is 6.11. The van der Waals surface area contributed by atoms with Crippen molar-refractivity contribution in [3.63, 3.8) is 0 Å². The summed E-state index contributed by atoms with van der Waals surface area (Å²) in [6.45, 7) is 10.1. The number of nitrogens with one attached hydrogen (secondary N) is 2. The van der Waals surface area contributed by atoms with Gasteiger partial charge in [-0.1, -0.05) is 84.2 Å². The van der Waals surface area contributed by atoms with Crippen LogP contribution in [0.2, 0.25) is 0 Å². The number of benzene rings is 2. The topological polar surface area (TPSA) is 296 Å². The molecule has 2 unspecified atom stereocenters. The highest BCUT2D eigenvalue weighted by atomic mass is 32.2. The van der Waals surface area contributed by atoms with Crippen LogP contribution in [0.1, 0.15) is 45.7 Å². The molecule has 0 aliphatic carbocycles. The number of carbonyl (C=O) groups is 2. The number of imidazole rings is 2. The summed E-state index contributed by atoms with van der Waals surface area (Å²) in [5, 5.41) is 24.4. The van der Waals surface area contributed by atoms with Gasteiger partial charge >= 0.3 is 0 Å². The van der Waals surface area contributed by atoms with Crippen molar-refractivity contribution in [2.45, 2.75) is 66.9 Å². The number of nitrogens with zero attached hydrogens (tertiary/aromatic N) is 7. The molecule has 25 heteroatoms. The van der Waals surface area contributed by atoms with E-state index in [1.165, 1.54) is 6.33 Å². The van der Waals surface area contributed by atoms with Gasteiger partial charge in [0.15, 0.2) is 27.3 Å². The predicted octanol–water partition coefficient (Wildman–Crippen LogP) is 6.31. The summed E-state index contributed by atoms with van der Waals surface area (Å²) >= 11 is 2.10. The summed E-state index contributed by atoms with van der Waals surface area (Å²) in [6, 6.07) is 20.8. The largest absolute Gasteiger partial charge is 0.397 e. The molecule has 4 aromatic heterocycles. The molecule has 0 aliphatic rings. The Kier molecular flexibility index (Phi) is 22.1. The SMILES string of the molecule is CC(C)(CO)C(=O)SCCOP(=O)(COCCn1cnc2c(N)ccnc21)NCc1ccccc1.C[C@H](Cn1cnc2c(N)ncnc21)OCP(=O)(NCc1ccccc1)OCCSC(=O)C(C)(C)CO. The first-order valence-corrected chi connectivity index (χ1v) is 28.2. The molecule has 6 aromatic rings. The number of nitrogen functional groups attached to an aromatic ring is 2. The van der Waals surface area contributed by atoms with Crippen LogP contribution in [-0.4, -0.2) is 118 Å². The number of ether oxygens (including phenoxy) is 2. The number of nitrogens with two attached hydrogens (primary N) is 2. The van der Waals surface area contributed by atoms with E-state index in [1.807, 2.05) is 72.2 Å². The third kappa shape index (κ3) is 17.8. The Balaban J connectivity index is 0.000000264. The summed E-state index contributed by atoms with van der Waals surface area (Å²) in [7, 11) is -6.77. The monoisotopic (exact) mass is 1060 g/mol. The highest BCUT2D eigenvalue weighted by Gasteiger charge is 2.30. The maximum Gasteiger partial charge on any atom is 0.295 e. The summed E-state index contributed by atoms with van der Waals surface area (Å²) in [5.41, 5.74) is 14.9. The van der Waals surface area contributed by atoms with Gasteiger partial charge in [-0.3, -0.25) is 18.7 Å². The number of pyridine rings is 1. The number of aromatic nitrogens is 7. The molecule has 0 amide bonds. The molecule has 0 fully saturated rings. The Bertz CT molecular complexity index is 2720. The summed E-state index contributed by atoms with van der Waals surface area (Å²) in [5.74, 6) is 0.915. The van der Waals surface area contributed by atoms with Crippen molar-refractivity contribution < 1.29 is 47.5 Å². The Morgan fingerprint density at radius 3 is 1.79 bits per heavy atom. The molecular formula is C46H65N11O10P2S2. The molecule has 71 heavy (non-hydrogen) atoms. The maximum absolute atomic E-state index is 13.6. The van der Waals surface area contributed by atoms with Crippen LogP contribution in [0.3, 0.4) is 0 Å². The molecule has 0 radical (unpaired) electrons. The van der Waals surface area contributed by atoms with Crippen molar-refractivity contribution in [1.29, 1.82) is 0 Å². The van der Waals surface area contributed by atoms with E-state index in [-0.39, 0.29) is 62.1 Å². The van der Waals surface area contributed by atoms with Gasteiger partial charge in [0.05, 0.1) is 74.9 Å². The van der Waals surface area contributed by atoms with Gasteiger partial charge in [-0.15, -0.1) is 0 Å². The van der Waals surface area contributed by atoms with Crippen molar-refractivity contribution in [2.75, 3.05) is 68.7 Å². The van der Waals surface area contributed by atoms with Gasteiger partial charge in [0, 0.05) is 37.3 Å². The predicted molar refractivity (Wildman–Crippen MR) is 278 cm³/mol. The third-order valence-corrected chi connectivity index (χ3v) is 16.4. The number of anilines is 2. The van der Waals surface area contributed by atoms with Gasteiger partial charge in [0.25, 0.3) is 15.0 Å². The minimum atomic E-state index is -3.41. The first-order valence-electron chi connectivity index (χ1n) is 22.6. The number of rotatable bonds is 28. The van der Waals surface area contributed by atoms with Gasteiger partial charge in [-0.05, 0) is 51.8 Å². The lowest BCUT2D eigenvalue weighted by molar-refractivity contribution is -0.120. The van der Waals surface area contributed by atoms with E-state index in [9.17, 15) is 28.9 Å². The average molecular weight is 1060 g/mol. The highest BCUT2D eigenvalue weighted by molar-refractivity contribution is 8.14. The average Bonchev–Trinajstić information content (AvgIpc) is 3.99. The molecule has 0 spiro atoms. The zero-order chi connectivity index (χ0) is 51.5. The number of hydrogen-bond acceptors (Lipinski definition) is 19. The Labute approximate surface area is 422 Å². The first kappa shape index (κ1) is 57.3. The van der Waals surface area contributed by atoms with Crippen molar-refractivity contribution in [1.82, 2.24) is 44.2 Å². The highest BCUT2D eigenvalue weighted by Crippen LogP contribution is 2.44. The van der Waals surface area contributed by atoms with Crippen molar-refractivity contribution in [3.8, 4) is 0 Å². The fourth-order valence-corrected chi connectivity index (χ4v) is 10.9. The van der Waals surface area contributed by atoms with E-state index in [2.05, 4.69) is 35.1 Å². The molecule has 0 saturated carbocycles. The van der Waals surface area contributed by atoms with Crippen molar-refractivity contribution in [2.24, 2.45) is 10.8 Å². The van der Waals surface area contributed by atoms with Crippen LogP contribution in [0.25, 0.3) is 22.3 Å². The maximum atomic E-state index is 13.6. The summed E-state index contributed by atoms with van der Waals surface area (Å²) < 4.78 is 53.8. The van der Waals surface area contributed by atoms with Gasteiger partial charge in [-0.25, -0.2) is 35.1 Å². The number of aliphatic hydroxyl groups is 2. The summed E-state index contributed by atoms with van der Waals surface area (Å²) in [6.07, 6.45) is 5.62. The van der Waals surface area contributed by atoms with E-state index >= 15 is 0 Å². The standard InChI is InChI=1S/C23H33N6O5PS.C23H32N5O5PS/c1-17(12-29-15-27-19-20(24)25-14-26-21(19)29)33-16-35(32,28-11-18-7-5-4-6-8-18)34-9-10-36-22(31)23(2,3)13-30;1-23(2,15-29)22(30)35-13-12-33-34(31,27-14-18-6-4-3-5-7-18)17-32-11-10-28-16-26-20-19(24)8-9-25-21(20)28/h4-8,14-15,17,30H,9-13,16H2,1-3H3,(H,28,32)(H2,24,25,26);3-9,16,29H,10-15,17H2,1-2H3,(H2,24,25)(H,27,31)/t17-,35?;/m1./s1. The quantitative estimate of drug-likeness (QED) is 0.0232. The van der Waals surface area contributed by atoms with Gasteiger partial charge in [-0.2, -0.15) is 0 Å². The Morgan fingerprint density at radius 1 is 0.704 bits per heavy atom. The molecule has 386 valence electrons. The van der Waals surface area contributed by atoms with Gasteiger partial charge in [0.1, 0.15) is 30.1 Å². The molecule has 4 heterocycles. The Morgan fingerprint density at radius 2 is 1.23 bits per heavy atom. The molecule has 2 aromatic carbocycles. The lowest BCUT2D eigenvalue weighted by atomic mass is 9.97. The molecule has 8 N–H and O–H groups in total. The number of aliphatic hydroxyl groups excluding tert-OH is 2. The van der Waals surface area contributed by atoms with Crippen LogP contribution in [0.4, 0.5) is 11.5 Å². The summed E-state index contributed by atoms with van der Waals surface area (Å²) in [4.78, 5) is 45.4. The van der Waals surface area contributed by atoms with E-state index in [0.29, 0.717) is 71.5 Å². The van der Waals surface area contributed by atoms with E-state index < -0.39 is 25.9 Å². The van der Waals surface area contributed by atoms with Crippen LogP contribution in [-0.2, 0) is 63.4 Å². The number of thioether (sulfide) groups is 2. The lowest BCUT2D eigenvalue weighted by Gasteiger charge is -2.23. The van der Waals surface area contributed by atoms with Crippen LogP contribution in [0.15, 0.2) is 91.9 Å². The molecule has 21 nitrogen and oxygen atoms in total. The van der Waals surface area contributed by atoms with E-state index in [4.69, 9.17) is 30.0 Å². The Hall–Kier alpha value is -4.61. The molecule has 6 rings (SSSR count). The molecule has 3 atom stereocenters. The zero-order valence-corrected chi connectivity index (χ0v) is 44.0. The lowest BCUT2D eigenvalue weighted by Crippen LogP contribution is -2.26. The van der Waals surface area contributed by atoms with Crippen LogP contribution in [0, 0.1) is 10.8 Å². The minimum Gasteiger partial charge on any atom is -0.397 e. The van der Waals surface area contributed by atoms with Crippen LogP contribution in [0.5, 0.6) is 0 Å². The van der Waals surface area contributed by atoms with Gasteiger partial charge in [0.2, 0.25) is 0 Å². The number of fused-ring (bicyclic) bond motifs is 2. The smallest absolute Gasteiger partial charge is 0.295 e. The second-order valence-corrected chi connectivity index (χ2v) is 24.0. The fraction of sp³-hybridized carbons (Fsp3) is 0.457. The second kappa shape index (κ2) is 27.4. The number of carbonyl (C=O) groups excluding carboxylic acids is 2. The van der Waals surface area contributed by atoms with Crippen molar-refractivity contribution >= 4 is 82.6 Å². The molecule has 0 bridgehead atoms. The van der Waals surface area contributed by atoms with Gasteiger partial charge < -0.3 is 49.3 Å². The van der Waals surface area contributed by atoms with E-state index in [0.717, 1.165) is 34.7 Å². The first-order chi connectivity index (χ1) is 33.9. The minimum absolute atomic E-state index is 0.0804. The molecule has 0 aliphatic heterocycles. The third-order valence-electron chi connectivity index (χ3n) is 10.5. The van der Waals surface area contributed by atoms with E-state index in [1.54, 1.807) is 57.2 Å². The molecule has 0 saturated heterocycles. The second-order valence-electron chi connectivity index (χ2n) is 17.5. The zero-order valence-electron chi connectivity index (χ0n) is 40.6. The van der Waals surface area contributed by atoms with Crippen LogP contribution < -0.4 is 21.6 Å². The number of hydrogen-bond donors (Lipinski definition) is 6.